The molecule has 0 aromatic carbocycles. The van der Waals surface area contributed by atoms with Crippen molar-refractivity contribution in [1.82, 2.24) is 10.2 Å². The van der Waals surface area contributed by atoms with Crippen molar-refractivity contribution in [1.29, 1.82) is 0 Å². The Kier molecular flexibility index (Phi) is 3.30. The Morgan fingerprint density at radius 1 is 1.67 bits per heavy atom. The van der Waals surface area contributed by atoms with E-state index in [1.807, 2.05) is 6.92 Å². The summed E-state index contributed by atoms with van der Waals surface area (Å²) in [5.74, 6) is -2.14. The van der Waals surface area contributed by atoms with Crippen LogP contribution in [-0.4, -0.2) is 35.4 Å². The van der Waals surface area contributed by atoms with E-state index in [9.17, 15) is 13.2 Å². The molecule has 84 valence electrons. The number of hydrogen-bond acceptors (Lipinski definition) is 4. The summed E-state index contributed by atoms with van der Waals surface area (Å²) in [5.41, 5.74) is 0.684. The van der Waals surface area contributed by atoms with E-state index in [0.717, 1.165) is 0 Å². The molecule has 0 unspecified atom stereocenters. The van der Waals surface area contributed by atoms with E-state index in [0.29, 0.717) is 12.0 Å². The zero-order chi connectivity index (χ0) is 11.5. The molecule has 0 saturated heterocycles. The summed E-state index contributed by atoms with van der Waals surface area (Å²) in [4.78, 5) is 10.3. The van der Waals surface area contributed by atoms with E-state index in [1.165, 1.54) is 6.20 Å². The minimum absolute atomic E-state index is 0.221. The first-order valence-corrected chi connectivity index (χ1v) is 5.84. The van der Waals surface area contributed by atoms with Gasteiger partial charge in [-0.05, 0) is 6.42 Å². The molecule has 1 heterocycles. The quantitative estimate of drug-likeness (QED) is 0.651. The molecular weight excluding hydrogens is 222 g/mol. The number of aromatic amines is 1. The van der Waals surface area contributed by atoms with Gasteiger partial charge in [-0.3, -0.25) is 14.6 Å². The number of anilines is 1. The van der Waals surface area contributed by atoms with E-state index < -0.39 is 21.7 Å². The van der Waals surface area contributed by atoms with Gasteiger partial charge in [0.1, 0.15) is 5.82 Å². The summed E-state index contributed by atoms with van der Waals surface area (Å²) in [6.07, 6.45) is 2.08. The number of aryl methyl sites for hydroxylation is 1. The second-order valence-corrected chi connectivity index (χ2v) is 4.60. The van der Waals surface area contributed by atoms with Crippen LogP contribution >= 0.6 is 0 Å². The Labute approximate surface area is 86.6 Å². The van der Waals surface area contributed by atoms with Crippen molar-refractivity contribution in [3.63, 3.8) is 0 Å². The standard InChI is InChI=1S/C7H11N3O4S/c1-2-5-3-8-9-7(5)10-15(13,14)4-6(11)12/h3H,2,4H2,1H3,(H,11,12)(H2,8,9,10). The highest BCUT2D eigenvalue weighted by molar-refractivity contribution is 7.93. The van der Waals surface area contributed by atoms with Crippen molar-refractivity contribution in [3.05, 3.63) is 11.8 Å². The van der Waals surface area contributed by atoms with Gasteiger partial charge in [0.15, 0.2) is 5.75 Å². The SMILES string of the molecule is CCc1cn[nH]c1NS(=O)(=O)CC(=O)O. The maximum Gasteiger partial charge on any atom is 0.320 e. The molecule has 15 heavy (non-hydrogen) atoms. The van der Waals surface area contributed by atoms with Gasteiger partial charge >= 0.3 is 5.97 Å². The number of carboxylic acids is 1. The van der Waals surface area contributed by atoms with Gasteiger partial charge in [0, 0.05) is 5.56 Å². The summed E-state index contributed by atoms with van der Waals surface area (Å²) in [6.45, 7) is 1.83. The maximum atomic E-state index is 11.2. The number of rotatable bonds is 5. The van der Waals surface area contributed by atoms with Crippen LogP contribution in [0.2, 0.25) is 0 Å². The van der Waals surface area contributed by atoms with Crippen molar-refractivity contribution in [2.24, 2.45) is 0 Å². The van der Waals surface area contributed by atoms with Crippen molar-refractivity contribution in [2.75, 3.05) is 10.5 Å². The molecule has 0 saturated carbocycles. The van der Waals surface area contributed by atoms with Gasteiger partial charge in [0.2, 0.25) is 10.0 Å². The molecule has 0 radical (unpaired) electrons. The average Bonchev–Trinajstić information content (AvgIpc) is 2.48. The number of aromatic nitrogens is 2. The lowest BCUT2D eigenvalue weighted by atomic mass is 10.3. The van der Waals surface area contributed by atoms with Crippen LogP contribution in [0.3, 0.4) is 0 Å². The van der Waals surface area contributed by atoms with Crippen LogP contribution < -0.4 is 4.72 Å². The summed E-state index contributed by atoms with van der Waals surface area (Å²) >= 11 is 0. The minimum atomic E-state index is -3.86. The van der Waals surface area contributed by atoms with E-state index in [-0.39, 0.29) is 5.82 Å². The van der Waals surface area contributed by atoms with Crippen LogP contribution in [0, 0.1) is 0 Å². The molecule has 1 rings (SSSR count). The smallest absolute Gasteiger partial charge is 0.320 e. The van der Waals surface area contributed by atoms with Crippen molar-refractivity contribution < 1.29 is 18.3 Å². The van der Waals surface area contributed by atoms with Gasteiger partial charge in [-0.15, -0.1) is 0 Å². The average molecular weight is 233 g/mol. The fourth-order valence-electron chi connectivity index (χ4n) is 1.02. The second-order valence-electron chi connectivity index (χ2n) is 2.88. The predicted molar refractivity (Wildman–Crippen MR) is 53.0 cm³/mol. The molecule has 1 aromatic rings. The Morgan fingerprint density at radius 3 is 2.87 bits per heavy atom. The summed E-state index contributed by atoms with van der Waals surface area (Å²) in [6, 6.07) is 0. The van der Waals surface area contributed by atoms with E-state index in [4.69, 9.17) is 5.11 Å². The van der Waals surface area contributed by atoms with Crippen LogP contribution in [-0.2, 0) is 21.2 Å². The topological polar surface area (TPSA) is 112 Å². The van der Waals surface area contributed by atoms with E-state index in [2.05, 4.69) is 14.9 Å². The first-order chi connectivity index (χ1) is 6.94. The summed E-state index contributed by atoms with van der Waals surface area (Å²) in [7, 11) is -3.86. The van der Waals surface area contributed by atoms with Gasteiger partial charge in [0.05, 0.1) is 6.20 Å². The molecule has 0 bridgehead atoms. The molecule has 0 aliphatic heterocycles. The Balaban J connectivity index is 2.82. The molecule has 0 atom stereocenters. The number of sulfonamides is 1. The Bertz CT molecular complexity index is 451. The van der Waals surface area contributed by atoms with Crippen molar-refractivity contribution in [2.45, 2.75) is 13.3 Å². The molecule has 0 fully saturated rings. The molecule has 3 N–H and O–H groups in total. The third-order valence-electron chi connectivity index (χ3n) is 1.67. The number of nitrogens with one attached hydrogen (secondary N) is 2. The maximum absolute atomic E-state index is 11.2. The molecule has 1 aromatic heterocycles. The number of nitrogens with zero attached hydrogens (tertiary/aromatic N) is 1. The largest absolute Gasteiger partial charge is 0.480 e. The molecular formula is C7H11N3O4S. The number of hydrogen-bond donors (Lipinski definition) is 3. The fourth-order valence-corrected chi connectivity index (χ4v) is 1.91. The zero-order valence-corrected chi connectivity index (χ0v) is 8.84. The third kappa shape index (κ3) is 3.24. The predicted octanol–water partition coefficient (Wildman–Crippen LogP) is -0.202. The van der Waals surface area contributed by atoms with Crippen LogP contribution in [0.5, 0.6) is 0 Å². The molecule has 0 spiro atoms. The highest BCUT2D eigenvalue weighted by Gasteiger charge is 2.17. The highest BCUT2D eigenvalue weighted by Crippen LogP contribution is 2.12. The Hall–Kier alpha value is -1.57. The molecule has 0 aliphatic rings. The van der Waals surface area contributed by atoms with Crippen LogP contribution in [0.4, 0.5) is 5.82 Å². The number of carboxylic acid groups (broad SMARTS) is 1. The third-order valence-corrected chi connectivity index (χ3v) is 2.81. The lowest BCUT2D eigenvalue weighted by Gasteiger charge is -2.04. The minimum Gasteiger partial charge on any atom is -0.480 e. The molecule has 7 nitrogen and oxygen atoms in total. The van der Waals surface area contributed by atoms with Crippen molar-refractivity contribution in [3.8, 4) is 0 Å². The van der Waals surface area contributed by atoms with Gasteiger partial charge in [-0.2, -0.15) is 5.10 Å². The first-order valence-electron chi connectivity index (χ1n) is 4.19. The second kappa shape index (κ2) is 4.30. The molecule has 0 aliphatic carbocycles. The summed E-state index contributed by atoms with van der Waals surface area (Å²) in [5, 5.41) is 14.5. The van der Waals surface area contributed by atoms with Crippen LogP contribution in [0.25, 0.3) is 0 Å². The zero-order valence-electron chi connectivity index (χ0n) is 8.02. The highest BCUT2D eigenvalue weighted by atomic mass is 32.2. The van der Waals surface area contributed by atoms with Crippen LogP contribution in [0.1, 0.15) is 12.5 Å². The van der Waals surface area contributed by atoms with E-state index in [1.54, 1.807) is 0 Å². The normalized spacial score (nSPS) is 11.3. The molecule has 8 heteroatoms. The monoisotopic (exact) mass is 233 g/mol. The number of carbonyl (C=O) groups is 1. The van der Waals surface area contributed by atoms with Gasteiger partial charge in [0.25, 0.3) is 0 Å². The van der Waals surface area contributed by atoms with E-state index >= 15 is 0 Å². The Morgan fingerprint density at radius 2 is 2.33 bits per heavy atom. The lowest BCUT2D eigenvalue weighted by molar-refractivity contribution is -0.134. The lowest BCUT2D eigenvalue weighted by Crippen LogP contribution is -2.23. The van der Waals surface area contributed by atoms with Gasteiger partial charge in [-0.1, -0.05) is 6.92 Å². The fraction of sp³-hybridized carbons (Fsp3) is 0.429. The summed E-state index contributed by atoms with van der Waals surface area (Å²) < 4.78 is 24.6. The van der Waals surface area contributed by atoms with Crippen molar-refractivity contribution >= 4 is 21.8 Å². The number of aliphatic carboxylic acids is 1. The number of H-pyrrole nitrogens is 1. The molecule has 0 amide bonds. The van der Waals surface area contributed by atoms with Gasteiger partial charge < -0.3 is 5.11 Å². The first kappa shape index (κ1) is 11.5. The van der Waals surface area contributed by atoms with Crippen LogP contribution in [0.15, 0.2) is 6.20 Å². The van der Waals surface area contributed by atoms with Gasteiger partial charge in [-0.25, -0.2) is 8.42 Å².